The monoisotopic (exact) mass is 277 g/mol. The van der Waals surface area contributed by atoms with Gasteiger partial charge in [-0.05, 0) is 20.8 Å². The van der Waals surface area contributed by atoms with Crippen molar-refractivity contribution in [2.24, 2.45) is 0 Å². The maximum atomic E-state index is 11.2. The van der Waals surface area contributed by atoms with E-state index >= 15 is 0 Å². The summed E-state index contributed by atoms with van der Waals surface area (Å²) in [4.78, 5) is 36.6. The lowest BCUT2D eigenvalue weighted by Gasteiger charge is -2.19. The first-order valence-electron chi connectivity index (χ1n) is 5.55. The van der Waals surface area contributed by atoms with Crippen molar-refractivity contribution in [3.8, 4) is 0 Å². The summed E-state index contributed by atoms with van der Waals surface area (Å²) in [6, 6.07) is -0.702. The zero-order valence-corrected chi connectivity index (χ0v) is 11.1. The van der Waals surface area contributed by atoms with Gasteiger partial charge in [0.25, 0.3) is 0 Å². The van der Waals surface area contributed by atoms with Crippen LogP contribution in [-0.4, -0.2) is 48.5 Å². The Morgan fingerprint density at radius 2 is 1.68 bits per heavy atom. The van der Waals surface area contributed by atoms with Gasteiger partial charge in [-0.15, -0.1) is 0 Å². The summed E-state index contributed by atoms with van der Waals surface area (Å²) in [5.74, 6) is -1.20. The number of carbonyl (C=O) groups is 3. The number of alkyl carbamates (subject to hydrolysis) is 1. The van der Waals surface area contributed by atoms with Crippen LogP contribution in [0.3, 0.4) is 0 Å². The summed E-state index contributed by atoms with van der Waals surface area (Å²) in [5.41, 5.74) is 1.28. The second-order valence-electron chi connectivity index (χ2n) is 4.47. The molecule has 3 amide bonds. The predicted molar refractivity (Wildman–Crippen MR) is 64.4 cm³/mol. The highest BCUT2D eigenvalue weighted by Crippen LogP contribution is 2.05. The maximum Gasteiger partial charge on any atom is 0.407 e. The number of carboxylic acid groups (broad SMARTS) is 1. The van der Waals surface area contributed by atoms with Crippen LogP contribution < -0.4 is 16.1 Å². The van der Waals surface area contributed by atoms with Gasteiger partial charge in [-0.2, -0.15) is 0 Å². The third kappa shape index (κ3) is 12.2. The Hall–Kier alpha value is -2.03. The van der Waals surface area contributed by atoms with E-state index in [-0.39, 0.29) is 13.1 Å². The van der Waals surface area contributed by atoms with Crippen LogP contribution in [0.15, 0.2) is 0 Å². The molecule has 0 bridgehead atoms. The zero-order chi connectivity index (χ0) is 14.9. The molecule has 0 fully saturated rings. The van der Waals surface area contributed by atoms with Gasteiger partial charge in [0.1, 0.15) is 5.60 Å². The van der Waals surface area contributed by atoms with E-state index in [0.29, 0.717) is 0 Å². The van der Waals surface area contributed by atoms with Gasteiger partial charge in [-0.25, -0.2) is 19.9 Å². The number of urea groups is 1. The molecule has 110 valence electrons. The van der Waals surface area contributed by atoms with Crippen molar-refractivity contribution >= 4 is 18.1 Å². The van der Waals surface area contributed by atoms with Gasteiger partial charge in [0.05, 0.1) is 0 Å². The molecule has 0 atom stereocenters. The summed E-state index contributed by atoms with van der Waals surface area (Å²) in [5, 5.41) is 13.0. The van der Waals surface area contributed by atoms with Gasteiger partial charge in [0.15, 0.2) is 6.61 Å². The van der Waals surface area contributed by atoms with Crippen LogP contribution in [0.2, 0.25) is 0 Å². The standard InChI is InChI=1S/C10H19N3O6/c1-10(2,3)19-9(17)12-5-4-11-8(16)13-18-6-7(14)15/h4-6H2,1-3H3,(H,12,17)(H,14,15)(H2,11,13,16). The Balaban J connectivity index is 3.56. The number of carboxylic acids is 1. The van der Waals surface area contributed by atoms with Crippen molar-refractivity contribution in [2.45, 2.75) is 26.4 Å². The molecule has 0 aromatic heterocycles. The number of carbonyl (C=O) groups excluding carboxylic acids is 2. The topological polar surface area (TPSA) is 126 Å². The van der Waals surface area contributed by atoms with E-state index in [4.69, 9.17) is 9.84 Å². The minimum Gasteiger partial charge on any atom is -0.479 e. The Morgan fingerprint density at radius 1 is 1.11 bits per heavy atom. The lowest BCUT2D eigenvalue weighted by Crippen LogP contribution is -2.41. The van der Waals surface area contributed by atoms with Gasteiger partial charge in [0.2, 0.25) is 0 Å². The number of rotatable bonds is 6. The molecule has 4 N–H and O–H groups in total. The smallest absolute Gasteiger partial charge is 0.407 e. The molecule has 19 heavy (non-hydrogen) atoms. The largest absolute Gasteiger partial charge is 0.479 e. The summed E-state index contributed by atoms with van der Waals surface area (Å²) in [7, 11) is 0. The van der Waals surface area contributed by atoms with E-state index in [2.05, 4.69) is 15.5 Å². The highest BCUT2D eigenvalue weighted by molar-refractivity contribution is 5.73. The van der Waals surface area contributed by atoms with Crippen LogP contribution in [0.4, 0.5) is 9.59 Å². The van der Waals surface area contributed by atoms with Crippen LogP contribution in [0.5, 0.6) is 0 Å². The maximum absolute atomic E-state index is 11.2. The van der Waals surface area contributed by atoms with Gasteiger partial charge in [0, 0.05) is 13.1 Å². The van der Waals surface area contributed by atoms with Crippen molar-refractivity contribution < 1.29 is 29.1 Å². The van der Waals surface area contributed by atoms with Crippen LogP contribution >= 0.6 is 0 Å². The lowest BCUT2D eigenvalue weighted by molar-refractivity contribution is -0.144. The number of aliphatic carboxylic acids is 1. The van der Waals surface area contributed by atoms with E-state index in [9.17, 15) is 14.4 Å². The van der Waals surface area contributed by atoms with Gasteiger partial charge in [-0.1, -0.05) is 0 Å². The van der Waals surface area contributed by atoms with Gasteiger partial charge < -0.3 is 20.5 Å². The number of hydrogen-bond acceptors (Lipinski definition) is 5. The third-order valence-corrected chi connectivity index (χ3v) is 1.44. The second kappa shape index (κ2) is 8.14. The fourth-order valence-corrected chi connectivity index (χ4v) is 0.854. The molecular formula is C10H19N3O6. The highest BCUT2D eigenvalue weighted by Gasteiger charge is 2.15. The number of amides is 3. The van der Waals surface area contributed by atoms with E-state index in [1.165, 1.54) is 0 Å². The van der Waals surface area contributed by atoms with Crippen LogP contribution in [0, 0.1) is 0 Å². The van der Waals surface area contributed by atoms with E-state index in [1.807, 2.05) is 5.48 Å². The molecule has 9 heteroatoms. The first-order valence-corrected chi connectivity index (χ1v) is 5.55. The number of hydroxylamine groups is 1. The molecule has 9 nitrogen and oxygen atoms in total. The molecule has 0 heterocycles. The molecule has 0 saturated heterocycles. The quantitative estimate of drug-likeness (QED) is 0.394. The lowest BCUT2D eigenvalue weighted by atomic mass is 10.2. The van der Waals surface area contributed by atoms with Crippen LogP contribution in [0.1, 0.15) is 20.8 Å². The van der Waals surface area contributed by atoms with Crippen molar-refractivity contribution in [2.75, 3.05) is 19.7 Å². The minimum absolute atomic E-state index is 0.140. The molecule has 0 radical (unpaired) electrons. The normalized spacial score (nSPS) is 10.5. The summed E-state index contributed by atoms with van der Waals surface area (Å²) in [6.45, 7) is 4.88. The van der Waals surface area contributed by atoms with Crippen molar-refractivity contribution in [1.29, 1.82) is 0 Å². The number of hydrogen-bond donors (Lipinski definition) is 4. The number of ether oxygens (including phenoxy) is 1. The fraction of sp³-hybridized carbons (Fsp3) is 0.700. The average molecular weight is 277 g/mol. The SMILES string of the molecule is CC(C)(C)OC(=O)NCCNC(=O)NOCC(=O)O. The first-order chi connectivity index (χ1) is 8.70. The predicted octanol–water partition coefficient (Wildman–Crippen LogP) is -0.173. The molecule has 0 saturated carbocycles. The Kier molecular flexibility index (Phi) is 7.27. The molecule has 0 unspecified atom stereocenters. The summed E-state index contributed by atoms with van der Waals surface area (Å²) in [6.07, 6.45) is -0.586. The van der Waals surface area contributed by atoms with Crippen molar-refractivity contribution in [3.63, 3.8) is 0 Å². The molecule has 0 spiro atoms. The summed E-state index contributed by atoms with van der Waals surface area (Å²) >= 11 is 0. The Bertz CT molecular complexity index is 326. The van der Waals surface area contributed by atoms with Crippen LogP contribution in [-0.2, 0) is 14.4 Å². The molecule has 0 aromatic carbocycles. The Labute approximate surface area is 110 Å². The molecule has 0 rings (SSSR count). The first kappa shape index (κ1) is 17.0. The van der Waals surface area contributed by atoms with Crippen molar-refractivity contribution in [3.05, 3.63) is 0 Å². The average Bonchev–Trinajstić information content (AvgIpc) is 2.21. The molecular weight excluding hydrogens is 258 g/mol. The van der Waals surface area contributed by atoms with E-state index in [1.54, 1.807) is 20.8 Å². The summed E-state index contributed by atoms with van der Waals surface area (Å²) < 4.78 is 4.97. The third-order valence-electron chi connectivity index (χ3n) is 1.44. The molecule has 0 aliphatic heterocycles. The van der Waals surface area contributed by atoms with E-state index in [0.717, 1.165) is 0 Å². The second-order valence-corrected chi connectivity index (χ2v) is 4.47. The van der Waals surface area contributed by atoms with Gasteiger partial charge >= 0.3 is 18.1 Å². The Morgan fingerprint density at radius 3 is 2.21 bits per heavy atom. The molecule has 0 aliphatic rings. The van der Waals surface area contributed by atoms with Crippen molar-refractivity contribution in [1.82, 2.24) is 16.1 Å². The zero-order valence-electron chi connectivity index (χ0n) is 11.1. The van der Waals surface area contributed by atoms with Gasteiger partial charge in [-0.3, -0.25) is 4.84 Å². The minimum atomic E-state index is -1.20. The highest BCUT2D eigenvalue weighted by atomic mass is 16.7. The number of nitrogens with one attached hydrogen (secondary N) is 3. The fourth-order valence-electron chi connectivity index (χ4n) is 0.854. The van der Waals surface area contributed by atoms with E-state index < -0.39 is 30.3 Å². The molecule has 0 aliphatic carbocycles. The van der Waals surface area contributed by atoms with Crippen LogP contribution in [0.25, 0.3) is 0 Å². The molecule has 0 aromatic rings.